The molecule has 1 unspecified atom stereocenters. The molecule has 6 heteroatoms. The highest BCUT2D eigenvalue weighted by molar-refractivity contribution is 9.10. The fourth-order valence-electron chi connectivity index (χ4n) is 1.67. The molecule has 5 nitrogen and oxygen atoms in total. The van der Waals surface area contributed by atoms with E-state index >= 15 is 0 Å². The molecule has 1 atom stereocenters. The van der Waals surface area contributed by atoms with Gasteiger partial charge in [0.1, 0.15) is 6.04 Å². The third-order valence-electron chi connectivity index (χ3n) is 2.71. The van der Waals surface area contributed by atoms with E-state index in [1.54, 1.807) is 0 Å². The van der Waals surface area contributed by atoms with Crippen LogP contribution in [0, 0.1) is 0 Å². The molecule has 1 aromatic rings. The Labute approximate surface area is 113 Å². The number of carbonyl (C=O) groups excluding carboxylic acids is 2. The monoisotopic (exact) mass is 311 g/mol. The average Bonchev–Trinajstić information content (AvgIpc) is 2.38. The van der Waals surface area contributed by atoms with Crippen LogP contribution in [0.2, 0.25) is 0 Å². The molecule has 2 amide bonds. The van der Waals surface area contributed by atoms with E-state index in [0.29, 0.717) is 13.1 Å². The second-order valence-corrected chi connectivity index (χ2v) is 5.00. The van der Waals surface area contributed by atoms with Gasteiger partial charge in [0.25, 0.3) is 0 Å². The molecular weight excluding hydrogens is 298 g/mol. The van der Waals surface area contributed by atoms with Crippen molar-refractivity contribution in [3.63, 3.8) is 0 Å². The smallest absolute Gasteiger partial charge is 0.239 e. The highest BCUT2D eigenvalue weighted by Crippen LogP contribution is 2.10. The zero-order valence-electron chi connectivity index (χ0n) is 9.70. The molecule has 0 radical (unpaired) electrons. The predicted molar refractivity (Wildman–Crippen MR) is 70.8 cm³/mol. The molecule has 18 heavy (non-hydrogen) atoms. The first-order valence-corrected chi connectivity index (χ1v) is 6.46. The maximum Gasteiger partial charge on any atom is 0.239 e. The number of hydrogen-bond acceptors (Lipinski definition) is 3. The number of amides is 2. The Bertz CT molecular complexity index is 437. The van der Waals surface area contributed by atoms with Gasteiger partial charge in [-0.15, -0.1) is 0 Å². The lowest BCUT2D eigenvalue weighted by Crippen LogP contribution is -2.57. The normalized spacial score (nSPS) is 19.2. The minimum atomic E-state index is -0.349. The van der Waals surface area contributed by atoms with Crippen molar-refractivity contribution in [3.05, 3.63) is 34.3 Å². The lowest BCUT2D eigenvalue weighted by atomic mass is 10.2. The highest BCUT2D eigenvalue weighted by atomic mass is 79.9. The summed E-state index contributed by atoms with van der Waals surface area (Å²) in [5.74, 6) is -0.176. The van der Waals surface area contributed by atoms with Crippen molar-refractivity contribution >= 4 is 27.7 Å². The number of rotatable bonds is 3. The number of carbonyl (C=O) groups is 2. The van der Waals surface area contributed by atoms with Crippen molar-refractivity contribution in [1.82, 2.24) is 16.0 Å². The van der Waals surface area contributed by atoms with Gasteiger partial charge in [-0.1, -0.05) is 28.1 Å². The maximum atomic E-state index is 11.8. The van der Waals surface area contributed by atoms with E-state index in [-0.39, 0.29) is 24.4 Å². The van der Waals surface area contributed by atoms with Gasteiger partial charge < -0.3 is 10.6 Å². The summed E-state index contributed by atoms with van der Waals surface area (Å²) in [7, 11) is 0. The Balaban J connectivity index is 1.81. The Kier molecular flexibility index (Phi) is 4.33. The van der Waals surface area contributed by atoms with Crippen LogP contribution in [0.25, 0.3) is 0 Å². The van der Waals surface area contributed by atoms with Crippen LogP contribution >= 0.6 is 15.9 Å². The molecule has 0 spiro atoms. The molecule has 2 rings (SSSR count). The van der Waals surface area contributed by atoms with Gasteiger partial charge in [0.05, 0.1) is 6.54 Å². The van der Waals surface area contributed by atoms with Gasteiger partial charge in [0.2, 0.25) is 11.8 Å². The zero-order chi connectivity index (χ0) is 13.0. The average molecular weight is 312 g/mol. The standard InChI is InChI=1S/C12H14BrN3O2/c13-9-3-1-8(2-4-9)5-16-12(18)10-6-15-11(17)7-14-10/h1-4,10,14H,5-7H2,(H,15,17)(H,16,18). The molecule has 1 fully saturated rings. The van der Waals surface area contributed by atoms with Crippen LogP contribution < -0.4 is 16.0 Å². The molecule has 1 aliphatic heterocycles. The molecule has 0 saturated carbocycles. The van der Waals surface area contributed by atoms with Crippen LogP contribution in [-0.2, 0) is 16.1 Å². The first-order valence-electron chi connectivity index (χ1n) is 5.67. The van der Waals surface area contributed by atoms with E-state index in [2.05, 4.69) is 31.9 Å². The SMILES string of the molecule is O=C1CNC(C(=O)NCc2ccc(Br)cc2)CN1. The summed E-state index contributed by atoms with van der Waals surface area (Å²) in [5, 5.41) is 8.37. The second kappa shape index (κ2) is 5.97. The number of piperazine rings is 1. The van der Waals surface area contributed by atoms with Crippen molar-refractivity contribution in [3.8, 4) is 0 Å². The Morgan fingerprint density at radius 1 is 1.39 bits per heavy atom. The fourth-order valence-corrected chi connectivity index (χ4v) is 1.93. The van der Waals surface area contributed by atoms with Gasteiger partial charge in [0, 0.05) is 17.6 Å². The van der Waals surface area contributed by atoms with Crippen LogP contribution in [0.15, 0.2) is 28.7 Å². The second-order valence-electron chi connectivity index (χ2n) is 4.08. The summed E-state index contributed by atoms with van der Waals surface area (Å²) in [4.78, 5) is 22.7. The Morgan fingerprint density at radius 2 is 2.11 bits per heavy atom. The van der Waals surface area contributed by atoms with Crippen LogP contribution in [-0.4, -0.2) is 30.9 Å². The molecule has 0 aliphatic carbocycles. The Morgan fingerprint density at radius 3 is 2.72 bits per heavy atom. The van der Waals surface area contributed by atoms with Crippen molar-refractivity contribution in [2.45, 2.75) is 12.6 Å². The van der Waals surface area contributed by atoms with Gasteiger partial charge in [-0.3, -0.25) is 14.9 Å². The third-order valence-corrected chi connectivity index (χ3v) is 3.24. The van der Waals surface area contributed by atoms with Gasteiger partial charge in [-0.25, -0.2) is 0 Å². The molecule has 1 heterocycles. The van der Waals surface area contributed by atoms with Crippen LogP contribution in [0.5, 0.6) is 0 Å². The van der Waals surface area contributed by atoms with Gasteiger partial charge in [0.15, 0.2) is 0 Å². The molecule has 0 aromatic heterocycles. The zero-order valence-corrected chi connectivity index (χ0v) is 11.3. The minimum Gasteiger partial charge on any atom is -0.353 e. The number of benzene rings is 1. The van der Waals surface area contributed by atoms with E-state index < -0.39 is 0 Å². The summed E-state index contributed by atoms with van der Waals surface area (Å²) in [6, 6.07) is 7.40. The van der Waals surface area contributed by atoms with Gasteiger partial charge in [-0.05, 0) is 17.7 Å². The van der Waals surface area contributed by atoms with E-state index in [1.807, 2.05) is 24.3 Å². The quantitative estimate of drug-likeness (QED) is 0.744. The maximum absolute atomic E-state index is 11.8. The summed E-state index contributed by atoms with van der Waals surface area (Å²) < 4.78 is 1.01. The molecule has 1 saturated heterocycles. The summed E-state index contributed by atoms with van der Waals surface area (Å²) in [6.45, 7) is 1.01. The minimum absolute atomic E-state index is 0.0769. The summed E-state index contributed by atoms with van der Waals surface area (Å²) >= 11 is 3.36. The molecular formula is C12H14BrN3O2. The van der Waals surface area contributed by atoms with E-state index in [4.69, 9.17) is 0 Å². The number of nitrogens with one attached hydrogen (secondary N) is 3. The fraction of sp³-hybridized carbons (Fsp3) is 0.333. The first kappa shape index (κ1) is 13.0. The van der Waals surface area contributed by atoms with Crippen molar-refractivity contribution in [1.29, 1.82) is 0 Å². The summed E-state index contributed by atoms with van der Waals surface area (Å²) in [5.41, 5.74) is 1.03. The highest BCUT2D eigenvalue weighted by Gasteiger charge is 2.23. The van der Waals surface area contributed by atoms with Crippen LogP contribution in [0.1, 0.15) is 5.56 Å². The van der Waals surface area contributed by atoms with Gasteiger partial charge >= 0.3 is 0 Å². The Hall–Kier alpha value is -1.40. The number of halogens is 1. The first-order chi connectivity index (χ1) is 8.65. The molecule has 3 N–H and O–H groups in total. The third kappa shape index (κ3) is 3.54. The van der Waals surface area contributed by atoms with E-state index in [1.165, 1.54) is 0 Å². The molecule has 1 aromatic carbocycles. The topological polar surface area (TPSA) is 70.2 Å². The van der Waals surface area contributed by atoms with Crippen molar-refractivity contribution < 1.29 is 9.59 Å². The molecule has 1 aliphatic rings. The van der Waals surface area contributed by atoms with E-state index in [9.17, 15) is 9.59 Å². The van der Waals surface area contributed by atoms with Crippen LogP contribution in [0.3, 0.4) is 0 Å². The largest absolute Gasteiger partial charge is 0.353 e. The molecule has 0 bridgehead atoms. The molecule has 96 valence electrons. The predicted octanol–water partition coefficient (Wildman–Crippen LogP) is 0.153. The van der Waals surface area contributed by atoms with E-state index in [0.717, 1.165) is 10.0 Å². The van der Waals surface area contributed by atoms with Crippen molar-refractivity contribution in [2.75, 3.05) is 13.1 Å². The number of hydrogen-bond donors (Lipinski definition) is 3. The van der Waals surface area contributed by atoms with Crippen molar-refractivity contribution in [2.24, 2.45) is 0 Å². The van der Waals surface area contributed by atoms with Crippen LogP contribution in [0.4, 0.5) is 0 Å². The summed E-state index contributed by atoms with van der Waals surface area (Å²) in [6.07, 6.45) is 0. The van der Waals surface area contributed by atoms with Gasteiger partial charge in [-0.2, -0.15) is 0 Å². The lowest BCUT2D eigenvalue weighted by molar-refractivity contribution is -0.126. The lowest BCUT2D eigenvalue weighted by Gasteiger charge is -2.23.